The van der Waals surface area contributed by atoms with Crippen LogP contribution in [0.2, 0.25) is 0 Å². The van der Waals surface area contributed by atoms with E-state index in [0.29, 0.717) is 5.41 Å². The van der Waals surface area contributed by atoms with E-state index in [1.165, 1.54) is 58.0 Å². The van der Waals surface area contributed by atoms with E-state index in [2.05, 4.69) is 26.1 Å². The fraction of sp³-hybridized carbons (Fsp3) is 1.00. The number of hydrogen-bond acceptors (Lipinski definition) is 1. The minimum atomic E-state index is 0.602. The maximum Gasteiger partial charge on any atom is -0.00489 e. The lowest BCUT2D eigenvalue weighted by molar-refractivity contribution is 0.170. The Bertz CT molecular complexity index is 151. The highest BCUT2D eigenvalue weighted by atomic mass is 14.8. The van der Waals surface area contributed by atoms with Crippen molar-refractivity contribution < 1.29 is 0 Å². The van der Waals surface area contributed by atoms with E-state index in [0.717, 1.165) is 5.92 Å². The average molecular weight is 211 g/mol. The summed E-state index contributed by atoms with van der Waals surface area (Å²) in [5, 5.41) is 3.54. The van der Waals surface area contributed by atoms with Crippen molar-refractivity contribution in [2.24, 2.45) is 11.3 Å². The summed E-state index contributed by atoms with van der Waals surface area (Å²) in [6.07, 6.45) is 9.83. The number of hydrogen-bond donors (Lipinski definition) is 1. The van der Waals surface area contributed by atoms with Crippen LogP contribution in [0.25, 0.3) is 0 Å². The molecule has 0 saturated carbocycles. The number of nitrogens with one attached hydrogen (secondary N) is 1. The second-order valence-electron chi connectivity index (χ2n) is 5.83. The minimum absolute atomic E-state index is 0.602. The first-order valence-corrected chi connectivity index (χ1v) is 6.86. The van der Waals surface area contributed by atoms with Crippen LogP contribution in [0.4, 0.5) is 0 Å². The van der Waals surface area contributed by atoms with Gasteiger partial charge in [0.05, 0.1) is 0 Å². The van der Waals surface area contributed by atoms with Crippen molar-refractivity contribution in [1.82, 2.24) is 5.32 Å². The first kappa shape index (κ1) is 13.0. The standard InChI is InChI=1S/C14H29N/c1-13(2)14(3)9-5-4-7-11-15-12-8-6-10-14/h13,15H,4-12H2,1-3H3. The average Bonchev–Trinajstić information content (AvgIpc) is 2.24. The van der Waals surface area contributed by atoms with E-state index in [-0.39, 0.29) is 0 Å². The third kappa shape index (κ3) is 4.55. The first-order chi connectivity index (χ1) is 7.15. The predicted octanol–water partition coefficient (Wildman–Crippen LogP) is 3.98. The summed E-state index contributed by atoms with van der Waals surface area (Å²) in [6, 6.07) is 0. The van der Waals surface area contributed by atoms with Gasteiger partial charge in [0, 0.05) is 0 Å². The molecule has 15 heavy (non-hydrogen) atoms. The summed E-state index contributed by atoms with van der Waals surface area (Å²) in [5.74, 6) is 0.839. The fourth-order valence-electron chi connectivity index (χ4n) is 2.56. The second kappa shape index (κ2) is 6.52. The van der Waals surface area contributed by atoms with Gasteiger partial charge in [0.25, 0.3) is 0 Å². The molecule has 1 fully saturated rings. The molecule has 1 unspecified atom stereocenters. The van der Waals surface area contributed by atoms with E-state index >= 15 is 0 Å². The molecule has 1 nitrogen and oxygen atoms in total. The summed E-state index contributed by atoms with van der Waals surface area (Å²) >= 11 is 0. The molecule has 0 spiro atoms. The Hall–Kier alpha value is -0.0400. The molecule has 1 aliphatic heterocycles. The lowest BCUT2D eigenvalue weighted by Gasteiger charge is -2.34. The van der Waals surface area contributed by atoms with E-state index < -0.39 is 0 Å². The Morgan fingerprint density at radius 1 is 0.867 bits per heavy atom. The summed E-state index contributed by atoms with van der Waals surface area (Å²) in [4.78, 5) is 0. The molecule has 0 radical (unpaired) electrons. The first-order valence-electron chi connectivity index (χ1n) is 6.86. The van der Waals surface area contributed by atoms with Gasteiger partial charge in [-0.2, -0.15) is 0 Å². The van der Waals surface area contributed by atoms with E-state index in [9.17, 15) is 0 Å². The third-order valence-corrected chi connectivity index (χ3v) is 4.35. The van der Waals surface area contributed by atoms with Crippen molar-refractivity contribution in [1.29, 1.82) is 0 Å². The molecule has 0 aromatic heterocycles. The Kier molecular flexibility index (Phi) is 5.66. The van der Waals surface area contributed by atoms with Gasteiger partial charge < -0.3 is 5.32 Å². The molecule has 1 heteroatoms. The monoisotopic (exact) mass is 211 g/mol. The largest absolute Gasteiger partial charge is 0.317 e. The van der Waals surface area contributed by atoms with Gasteiger partial charge in [-0.05, 0) is 50.1 Å². The quantitative estimate of drug-likeness (QED) is 0.691. The molecule has 0 aliphatic carbocycles. The molecular weight excluding hydrogens is 182 g/mol. The van der Waals surface area contributed by atoms with Crippen LogP contribution in [0.5, 0.6) is 0 Å². The SMILES string of the molecule is CC(C)C1(C)CCCCCNCCCC1. The Labute approximate surface area is 96.0 Å². The van der Waals surface area contributed by atoms with Crippen LogP contribution in [0.3, 0.4) is 0 Å². The topological polar surface area (TPSA) is 12.0 Å². The van der Waals surface area contributed by atoms with Crippen LogP contribution in [0, 0.1) is 11.3 Å². The highest BCUT2D eigenvalue weighted by Crippen LogP contribution is 2.38. The molecule has 1 aliphatic rings. The molecule has 0 aromatic rings. The second-order valence-corrected chi connectivity index (χ2v) is 5.83. The maximum atomic E-state index is 3.54. The summed E-state index contributed by atoms with van der Waals surface area (Å²) in [6.45, 7) is 9.77. The molecular formula is C14H29N. The van der Waals surface area contributed by atoms with Gasteiger partial charge in [0.2, 0.25) is 0 Å². The van der Waals surface area contributed by atoms with E-state index in [1.54, 1.807) is 0 Å². The van der Waals surface area contributed by atoms with E-state index in [4.69, 9.17) is 0 Å². The number of rotatable bonds is 1. The highest BCUT2D eigenvalue weighted by molar-refractivity contribution is 4.78. The smallest absolute Gasteiger partial charge is 0.00489 e. The van der Waals surface area contributed by atoms with Crippen LogP contribution in [-0.2, 0) is 0 Å². The summed E-state index contributed by atoms with van der Waals surface area (Å²) in [5.41, 5.74) is 0.602. The molecule has 0 amide bonds. The van der Waals surface area contributed by atoms with Gasteiger partial charge >= 0.3 is 0 Å². The molecule has 1 rings (SSSR count). The van der Waals surface area contributed by atoms with Crippen LogP contribution >= 0.6 is 0 Å². The fourth-order valence-corrected chi connectivity index (χ4v) is 2.56. The van der Waals surface area contributed by atoms with E-state index in [1.807, 2.05) is 0 Å². The van der Waals surface area contributed by atoms with Crippen molar-refractivity contribution in [2.45, 2.75) is 65.7 Å². The zero-order valence-electron chi connectivity index (χ0n) is 10.9. The van der Waals surface area contributed by atoms with Crippen LogP contribution in [-0.4, -0.2) is 13.1 Å². The van der Waals surface area contributed by atoms with Gasteiger partial charge in [-0.3, -0.25) is 0 Å². The maximum absolute atomic E-state index is 3.54. The summed E-state index contributed by atoms with van der Waals surface area (Å²) < 4.78 is 0. The lowest BCUT2D eigenvalue weighted by Crippen LogP contribution is -2.23. The summed E-state index contributed by atoms with van der Waals surface area (Å²) in [7, 11) is 0. The third-order valence-electron chi connectivity index (χ3n) is 4.35. The molecule has 1 heterocycles. The Morgan fingerprint density at radius 3 is 2.00 bits per heavy atom. The Morgan fingerprint density at radius 2 is 1.40 bits per heavy atom. The van der Waals surface area contributed by atoms with Crippen molar-refractivity contribution in [3.63, 3.8) is 0 Å². The minimum Gasteiger partial charge on any atom is -0.317 e. The Balaban J connectivity index is 2.45. The molecule has 1 atom stereocenters. The van der Waals surface area contributed by atoms with Gasteiger partial charge in [-0.1, -0.05) is 40.0 Å². The molecule has 0 aromatic carbocycles. The van der Waals surface area contributed by atoms with Crippen molar-refractivity contribution >= 4 is 0 Å². The van der Waals surface area contributed by atoms with Crippen LogP contribution in [0.15, 0.2) is 0 Å². The molecule has 0 bridgehead atoms. The zero-order valence-corrected chi connectivity index (χ0v) is 10.9. The van der Waals surface area contributed by atoms with Crippen molar-refractivity contribution in [3.05, 3.63) is 0 Å². The van der Waals surface area contributed by atoms with Gasteiger partial charge in [0.1, 0.15) is 0 Å². The van der Waals surface area contributed by atoms with Crippen LogP contribution < -0.4 is 5.32 Å². The molecule has 1 saturated heterocycles. The van der Waals surface area contributed by atoms with Crippen molar-refractivity contribution in [2.75, 3.05) is 13.1 Å². The van der Waals surface area contributed by atoms with Gasteiger partial charge in [0.15, 0.2) is 0 Å². The predicted molar refractivity (Wildman–Crippen MR) is 68.1 cm³/mol. The normalized spacial score (nSPS) is 31.2. The van der Waals surface area contributed by atoms with Crippen LogP contribution in [0.1, 0.15) is 65.7 Å². The van der Waals surface area contributed by atoms with Gasteiger partial charge in [-0.25, -0.2) is 0 Å². The highest BCUT2D eigenvalue weighted by Gasteiger charge is 2.27. The zero-order chi connectivity index (χ0) is 11.1. The molecule has 1 N–H and O–H groups in total. The van der Waals surface area contributed by atoms with Gasteiger partial charge in [-0.15, -0.1) is 0 Å². The lowest BCUT2D eigenvalue weighted by atomic mass is 9.72. The molecule has 90 valence electrons. The van der Waals surface area contributed by atoms with Crippen molar-refractivity contribution in [3.8, 4) is 0 Å².